The molecule has 0 atom stereocenters. The molecular formula is C10H12N2O. The predicted molar refractivity (Wildman–Crippen MR) is 50.5 cm³/mol. The van der Waals surface area contributed by atoms with Gasteiger partial charge in [-0.25, -0.2) is 4.98 Å². The smallest absolute Gasteiger partial charge is 0.182 e. The molecule has 0 aliphatic heterocycles. The number of pyridine rings is 1. The van der Waals surface area contributed by atoms with Gasteiger partial charge in [0.15, 0.2) is 12.0 Å². The SMILES string of the molecule is CC(C)(C)c1cc2ocnc2cn1. The van der Waals surface area contributed by atoms with Gasteiger partial charge >= 0.3 is 0 Å². The molecule has 0 saturated heterocycles. The highest BCUT2D eigenvalue weighted by Gasteiger charge is 2.16. The molecule has 13 heavy (non-hydrogen) atoms. The Bertz CT molecular complexity index is 426. The van der Waals surface area contributed by atoms with Crippen LogP contribution in [0.3, 0.4) is 0 Å². The van der Waals surface area contributed by atoms with Gasteiger partial charge in [0.25, 0.3) is 0 Å². The average molecular weight is 176 g/mol. The van der Waals surface area contributed by atoms with Crippen LogP contribution in [0, 0.1) is 0 Å². The monoisotopic (exact) mass is 176 g/mol. The molecular weight excluding hydrogens is 164 g/mol. The summed E-state index contributed by atoms with van der Waals surface area (Å²) in [4.78, 5) is 8.34. The summed E-state index contributed by atoms with van der Waals surface area (Å²) < 4.78 is 5.20. The fourth-order valence-electron chi connectivity index (χ4n) is 1.17. The third-order valence-corrected chi connectivity index (χ3v) is 1.99. The number of hydrogen-bond acceptors (Lipinski definition) is 3. The maximum absolute atomic E-state index is 5.20. The molecule has 0 aromatic carbocycles. The Morgan fingerprint density at radius 1 is 1.23 bits per heavy atom. The third-order valence-electron chi connectivity index (χ3n) is 1.99. The molecule has 0 unspecified atom stereocenters. The van der Waals surface area contributed by atoms with Gasteiger partial charge in [0.05, 0.1) is 6.20 Å². The van der Waals surface area contributed by atoms with Crippen LogP contribution in [-0.2, 0) is 5.41 Å². The standard InChI is InChI=1S/C10H12N2O/c1-10(2,3)9-4-8-7(5-11-9)12-6-13-8/h4-6H,1-3H3. The Kier molecular flexibility index (Phi) is 1.62. The fraction of sp³-hybridized carbons (Fsp3) is 0.400. The van der Waals surface area contributed by atoms with Crippen LogP contribution in [0.2, 0.25) is 0 Å². The van der Waals surface area contributed by atoms with Crippen molar-refractivity contribution in [1.82, 2.24) is 9.97 Å². The summed E-state index contributed by atoms with van der Waals surface area (Å²) in [6.45, 7) is 6.37. The van der Waals surface area contributed by atoms with Crippen LogP contribution in [0.5, 0.6) is 0 Å². The normalized spacial score (nSPS) is 12.2. The van der Waals surface area contributed by atoms with Crippen LogP contribution >= 0.6 is 0 Å². The van der Waals surface area contributed by atoms with Crippen molar-refractivity contribution in [1.29, 1.82) is 0 Å². The number of fused-ring (bicyclic) bond motifs is 1. The molecule has 0 aliphatic rings. The van der Waals surface area contributed by atoms with Crippen molar-refractivity contribution in [2.24, 2.45) is 0 Å². The van der Waals surface area contributed by atoms with Gasteiger partial charge in [-0.3, -0.25) is 4.98 Å². The quantitative estimate of drug-likeness (QED) is 0.619. The molecule has 0 bridgehead atoms. The zero-order valence-electron chi connectivity index (χ0n) is 8.03. The summed E-state index contributed by atoms with van der Waals surface area (Å²) in [5.41, 5.74) is 2.70. The minimum atomic E-state index is 0.0565. The molecule has 3 nitrogen and oxygen atoms in total. The number of aromatic nitrogens is 2. The van der Waals surface area contributed by atoms with Gasteiger partial charge in [-0.1, -0.05) is 20.8 Å². The molecule has 0 saturated carbocycles. The van der Waals surface area contributed by atoms with Crippen LogP contribution in [0.1, 0.15) is 26.5 Å². The second-order valence-electron chi connectivity index (χ2n) is 4.14. The summed E-state index contributed by atoms with van der Waals surface area (Å²) in [6, 6.07) is 1.95. The Morgan fingerprint density at radius 3 is 2.69 bits per heavy atom. The lowest BCUT2D eigenvalue weighted by Crippen LogP contribution is -2.12. The molecule has 2 rings (SSSR count). The summed E-state index contributed by atoms with van der Waals surface area (Å²) in [6.07, 6.45) is 3.19. The molecule has 0 fully saturated rings. The topological polar surface area (TPSA) is 38.9 Å². The van der Waals surface area contributed by atoms with E-state index in [1.807, 2.05) is 6.07 Å². The van der Waals surface area contributed by atoms with Crippen molar-refractivity contribution in [3.05, 3.63) is 24.4 Å². The molecule has 0 radical (unpaired) electrons. The second kappa shape index (κ2) is 2.55. The van der Waals surface area contributed by atoms with Crippen molar-refractivity contribution in [3.8, 4) is 0 Å². The maximum atomic E-state index is 5.20. The Balaban J connectivity index is 2.61. The highest BCUT2D eigenvalue weighted by atomic mass is 16.3. The highest BCUT2D eigenvalue weighted by Crippen LogP contribution is 2.22. The summed E-state index contributed by atoms with van der Waals surface area (Å²) >= 11 is 0. The zero-order chi connectivity index (χ0) is 9.47. The van der Waals surface area contributed by atoms with Gasteiger partial charge in [0.1, 0.15) is 5.52 Å². The average Bonchev–Trinajstić information content (AvgIpc) is 2.47. The van der Waals surface area contributed by atoms with Crippen molar-refractivity contribution >= 4 is 11.1 Å². The minimum Gasteiger partial charge on any atom is -0.443 e. The zero-order valence-corrected chi connectivity index (χ0v) is 8.03. The predicted octanol–water partition coefficient (Wildman–Crippen LogP) is 2.52. The number of rotatable bonds is 0. The van der Waals surface area contributed by atoms with E-state index in [1.165, 1.54) is 6.39 Å². The molecule has 0 N–H and O–H groups in total. The van der Waals surface area contributed by atoms with E-state index in [9.17, 15) is 0 Å². The number of hydrogen-bond donors (Lipinski definition) is 0. The number of oxazole rings is 1. The van der Waals surface area contributed by atoms with Crippen molar-refractivity contribution in [3.63, 3.8) is 0 Å². The van der Waals surface area contributed by atoms with Crippen molar-refractivity contribution < 1.29 is 4.42 Å². The molecule has 2 aromatic rings. The largest absolute Gasteiger partial charge is 0.443 e. The van der Waals surface area contributed by atoms with Crippen molar-refractivity contribution in [2.45, 2.75) is 26.2 Å². The van der Waals surface area contributed by atoms with Gasteiger partial charge in [-0.05, 0) is 0 Å². The second-order valence-corrected chi connectivity index (χ2v) is 4.14. The van der Waals surface area contributed by atoms with E-state index in [1.54, 1.807) is 6.20 Å². The lowest BCUT2D eigenvalue weighted by Gasteiger charge is -2.16. The summed E-state index contributed by atoms with van der Waals surface area (Å²) in [5.74, 6) is 0. The lowest BCUT2D eigenvalue weighted by atomic mass is 9.92. The molecule has 68 valence electrons. The van der Waals surface area contributed by atoms with E-state index in [0.717, 1.165) is 16.8 Å². The first-order valence-electron chi connectivity index (χ1n) is 4.27. The molecule has 2 aromatic heterocycles. The number of nitrogens with zero attached hydrogens (tertiary/aromatic N) is 2. The van der Waals surface area contributed by atoms with Crippen molar-refractivity contribution in [2.75, 3.05) is 0 Å². The van der Waals surface area contributed by atoms with E-state index >= 15 is 0 Å². The molecule has 2 heterocycles. The van der Waals surface area contributed by atoms with E-state index in [0.29, 0.717) is 0 Å². The van der Waals surface area contributed by atoms with Gasteiger partial charge in [-0.2, -0.15) is 0 Å². The van der Waals surface area contributed by atoms with Crippen LogP contribution < -0.4 is 0 Å². The van der Waals surface area contributed by atoms with Crippen LogP contribution in [0.15, 0.2) is 23.1 Å². The lowest BCUT2D eigenvalue weighted by molar-refractivity contribution is 0.563. The Morgan fingerprint density at radius 2 is 2.00 bits per heavy atom. The van der Waals surface area contributed by atoms with Gasteiger partial charge < -0.3 is 4.42 Å². The molecule has 0 spiro atoms. The van der Waals surface area contributed by atoms with E-state index < -0.39 is 0 Å². The Labute approximate surface area is 76.8 Å². The van der Waals surface area contributed by atoms with Gasteiger partial charge in [0.2, 0.25) is 0 Å². The summed E-state index contributed by atoms with van der Waals surface area (Å²) in [7, 11) is 0. The maximum Gasteiger partial charge on any atom is 0.182 e. The van der Waals surface area contributed by atoms with E-state index in [2.05, 4.69) is 30.7 Å². The molecule has 0 amide bonds. The van der Waals surface area contributed by atoms with E-state index in [-0.39, 0.29) is 5.41 Å². The van der Waals surface area contributed by atoms with Gasteiger partial charge in [0, 0.05) is 17.2 Å². The first kappa shape index (κ1) is 8.23. The highest BCUT2D eigenvalue weighted by molar-refractivity contribution is 5.71. The fourth-order valence-corrected chi connectivity index (χ4v) is 1.17. The van der Waals surface area contributed by atoms with Crippen LogP contribution in [-0.4, -0.2) is 9.97 Å². The first-order chi connectivity index (χ1) is 6.07. The summed E-state index contributed by atoms with van der Waals surface area (Å²) in [5, 5.41) is 0. The van der Waals surface area contributed by atoms with Gasteiger partial charge in [-0.15, -0.1) is 0 Å². The van der Waals surface area contributed by atoms with E-state index in [4.69, 9.17) is 4.42 Å². The Hall–Kier alpha value is -1.38. The molecule has 3 heteroatoms. The third kappa shape index (κ3) is 1.41. The van der Waals surface area contributed by atoms with Crippen LogP contribution in [0.25, 0.3) is 11.1 Å². The first-order valence-corrected chi connectivity index (χ1v) is 4.27. The van der Waals surface area contributed by atoms with Crippen LogP contribution in [0.4, 0.5) is 0 Å². The molecule has 0 aliphatic carbocycles. The minimum absolute atomic E-state index is 0.0565.